The first-order valence-electron chi connectivity index (χ1n) is 8.41. The van der Waals surface area contributed by atoms with E-state index >= 15 is 0 Å². The molecule has 2 rings (SSSR count). The molecule has 0 fully saturated rings. The molecule has 20 heavy (non-hydrogen) atoms. The summed E-state index contributed by atoms with van der Waals surface area (Å²) in [5.74, 6) is 1.48. The fourth-order valence-corrected chi connectivity index (χ4v) is 4.71. The normalized spacial score (nSPS) is 30.6. The molecule has 114 valence electrons. The molecule has 0 spiro atoms. The van der Waals surface area contributed by atoms with E-state index in [1.807, 2.05) is 7.11 Å². The van der Waals surface area contributed by atoms with Gasteiger partial charge in [-0.05, 0) is 51.3 Å². The van der Waals surface area contributed by atoms with Gasteiger partial charge in [-0.1, -0.05) is 25.8 Å². The summed E-state index contributed by atoms with van der Waals surface area (Å²) in [6, 6.07) is 0.571. The van der Waals surface area contributed by atoms with Crippen molar-refractivity contribution in [2.24, 2.45) is 5.92 Å². The number of hydrogen-bond donors (Lipinski definition) is 0. The molecule has 0 radical (unpaired) electrons. The highest BCUT2D eigenvalue weighted by molar-refractivity contribution is 6.13. The molecule has 0 amide bonds. The largest absolute Gasteiger partial charge is 0.382 e. The molecule has 1 aliphatic heterocycles. The highest BCUT2D eigenvalue weighted by Crippen LogP contribution is 2.50. The molecule has 2 unspecified atom stereocenters. The lowest BCUT2D eigenvalue weighted by Gasteiger charge is -2.45. The number of methoxy groups -OCH3 is 1. The second-order valence-electron chi connectivity index (χ2n) is 7.66. The van der Waals surface area contributed by atoms with Gasteiger partial charge in [0.2, 0.25) is 0 Å². The second kappa shape index (κ2) is 6.13. The molecule has 0 N–H and O–H groups in total. The van der Waals surface area contributed by atoms with Crippen molar-refractivity contribution in [3.05, 3.63) is 11.3 Å². The molecule has 0 bridgehead atoms. The summed E-state index contributed by atoms with van der Waals surface area (Å²) < 4.78 is 5.68. The molecule has 0 saturated heterocycles. The Morgan fingerprint density at radius 2 is 2.05 bits per heavy atom. The Bertz CT molecular complexity index is 377. The van der Waals surface area contributed by atoms with E-state index in [1.54, 1.807) is 11.3 Å². The van der Waals surface area contributed by atoms with Gasteiger partial charge in [-0.2, -0.15) is 0 Å². The Kier molecular flexibility index (Phi) is 4.89. The summed E-state index contributed by atoms with van der Waals surface area (Å²) in [5, 5.41) is 0. The van der Waals surface area contributed by atoms with Crippen molar-refractivity contribution in [2.75, 3.05) is 13.7 Å². The van der Waals surface area contributed by atoms with Crippen LogP contribution >= 0.6 is 0 Å². The maximum absolute atomic E-state index is 5.68. The highest BCUT2D eigenvalue weighted by Gasteiger charge is 2.47. The summed E-state index contributed by atoms with van der Waals surface area (Å²) >= 11 is 0. The van der Waals surface area contributed by atoms with Gasteiger partial charge in [-0.25, -0.2) is 0 Å². The van der Waals surface area contributed by atoms with E-state index in [2.05, 4.69) is 40.4 Å². The number of allylic oxidation sites excluding steroid dienone is 1. The van der Waals surface area contributed by atoms with E-state index < -0.39 is 0 Å². The smallest absolute Gasteiger partial charge is 0.110 e. The van der Waals surface area contributed by atoms with Gasteiger partial charge in [-0.3, -0.25) is 0 Å². The van der Waals surface area contributed by atoms with Gasteiger partial charge in [-0.15, -0.1) is 0 Å². The lowest BCUT2D eigenvalue weighted by molar-refractivity contribution is 0.0119. The van der Waals surface area contributed by atoms with Crippen LogP contribution in [0.1, 0.15) is 59.8 Å². The maximum atomic E-state index is 5.68. The minimum atomic E-state index is 0.209. The van der Waals surface area contributed by atoms with Crippen molar-refractivity contribution in [3.8, 4) is 0 Å². The SMILES string of the molecule is BC1CCCC2=C1CC(COC)(CC(C)C)N2C(C)C. The van der Waals surface area contributed by atoms with Crippen molar-refractivity contribution in [2.45, 2.75) is 77.2 Å². The van der Waals surface area contributed by atoms with E-state index in [1.165, 1.54) is 32.1 Å². The van der Waals surface area contributed by atoms with Crippen LogP contribution in [0.15, 0.2) is 11.3 Å². The van der Waals surface area contributed by atoms with Gasteiger partial charge in [0, 0.05) is 18.8 Å². The third-order valence-corrected chi connectivity index (χ3v) is 5.06. The lowest BCUT2D eigenvalue weighted by Crippen LogP contribution is -2.52. The summed E-state index contributed by atoms with van der Waals surface area (Å²) in [6.45, 7) is 10.2. The van der Waals surface area contributed by atoms with E-state index in [9.17, 15) is 0 Å². The molecule has 0 saturated carbocycles. The lowest BCUT2D eigenvalue weighted by atomic mass is 9.71. The maximum Gasteiger partial charge on any atom is 0.110 e. The van der Waals surface area contributed by atoms with E-state index in [-0.39, 0.29) is 5.54 Å². The van der Waals surface area contributed by atoms with Crippen molar-refractivity contribution >= 4 is 7.85 Å². The molecular weight excluding hydrogens is 245 g/mol. The Balaban J connectivity index is 2.38. The van der Waals surface area contributed by atoms with Crippen LogP contribution in [0, 0.1) is 5.92 Å². The van der Waals surface area contributed by atoms with Gasteiger partial charge >= 0.3 is 0 Å². The molecule has 2 nitrogen and oxygen atoms in total. The van der Waals surface area contributed by atoms with E-state index in [4.69, 9.17) is 4.74 Å². The average molecular weight is 277 g/mol. The zero-order valence-corrected chi connectivity index (χ0v) is 14.3. The molecule has 0 aromatic carbocycles. The van der Waals surface area contributed by atoms with Crippen LogP contribution in [0.2, 0.25) is 5.82 Å². The third kappa shape index (κ3) is 2.79. The second-order valence-corrected chi connectivity index (χ2v) is 7.66. The third-order valence-electron chi connectivity index (χ3n) is 5.06. The van der Waals surface area contributed by atoms with Crippen molar-refractivity contribution in [1.82, 2.24) is 4.90 Å². The number of hydrogen-bond acceptors (Lipinski definition) is 2. The summed E-state index contributed by atoms with van der Waals surface area (Å²) in [6.07, 6.45) is 6.47. The fraction of sp³-hybridized carbons (Fsp3) is 0.882. The van der Waals surface area contributed by atoms with Crippen LogP contribution < -0.4 is 0 Å². The zero-order valence-electron chi connectivity index (χ0n) is 14.3. The standard InChI is InChI=1S/C17H32BNO/c1-12(2)9-17(11-20-5)10-14-15(18)7-6-8-16(14)19(17)13(3)4/h12-13,15H,6-11,18H2,1-5H3. The monoisotopic (exact) mass is 277 g/mol. The van der Waals surface area contributed by atoms with Crippen LogP contribution in [0.5, 0.6) is 0 Å². The van der Waals surface area contributed by atoms with Crippen molar-refractivity contribution in [3.63, 3.8) is 0 Å². The van der Waals surface area contributed by atoms with Crippen LogP contribution in [0.4, 0.5) is 0 Å². The molecule has 0 aromatic rings. The number of ether oxygens (including phenoxy) is 1. The van der Waals surface area contributed by atoms with Gasteiger partial charge in [0.15, 0.2) is 0 Å². The number of nitrogens with zero attached hydrogens (tertiary/aromatic N) is 1. The highest BCUT2D eigenvalue weighted by atomic mass is 16.5. The van der Waals surface area contributed by atoms with Crippen molar-refractivity contribution in [1.29, 1.82) is 0 Å². The molecule has 2 aliphatic rings. The molecule has 3 heteroatoms. The predicted octanol–water partition coefficient (Wildman–Crippen LogP) is 3.39. The Hall–Kier alpha value is -0.435. The van der Waals surface area contributed by atoms with Gasteiger partial charge in [0.25, 0.3) is 0 Å². The summed E-state index contributed by atoms with van der Waals surface area (Å²) in [4.78, 5) is 2.74. The molecule has 0 aromatic heterocycles. The van der Waals surface area contributed by atoms with E-state index in [0.717, 1.165) is 12.4 Å². The number of rotatable bonds is 5. The Morgan fingerprint density at radius 3 is 2.60 bits per heavy atom. The van der Waals surface area contributed by atoms with Crippen LogP contribution in [0.3, 0.4) is 0 Å². The Labute approximate surface area is 126 Å². The van der Waals surface area contributed by atoms with Gasteiger partial charge < -0.3 is 9.64 Å². The first-order valence-corrected chi connectivity index (χ1v) is 8.41. The quantitative estimate of drug-likeness (QED) is 0.714. The zero-order chi connectivity index (χ0) is 14.9. The molecule has 2 atom stereocenters. The first-order chi connectivity index (χ1) is 9.41. The average Bonchev–Trinajstić information content (AvgIpc) is 2.63. The minimum absolute atomic E-state index is 0.209. The van der Waals surface area contributed by atoms with Crippen LogP contribution in [-0.4, -0.2) is 38.0 Å². The van der Waals surface area contributed by atoms with Crippen LogP contribution in [-0.2, 0) is 4.74 Å². The van der Waals surface area contributed by atoms with Crippen LogP contribution in [0.25, 0.3) is 0 Å². The molecule has 1 heterocycles. The summed E-state index contributed by atoms with van der Waals surface area (Å²) in [7, 11) is 4.28. The van der Waals surface area contributed by atoms with Gasteiger partial charge in [0.05, 0.1) is 12.1 Å². The molecular formula is C17H32BNO. The first kappa shape index (κ1) is 15.9. The fourth-order valence-electron chi connectivity index (χ4n) is 4.71. The Morgan fingerprint density at radius 1 is 1.35 bits per heavy atom. The molecule has 1 aliphatic carbocycles. The predicted molar refractivity (Wildman–Crippen MR) is 88.8 cm³/mol. The topological polar surface area (TPSA) is 12.5 Å². The van der Waals surface area contributed by atoms with E-state index in [0.29, 0.717) is 12.0 Å². The van der Waals surface area contributed by atoms with Gasteiger partial charge in [0.1, 0.15) is 7.85 Å². The minimum Gasteiger partial charge on any atom is -0.382 e. The summed E-state index contributed by atoms with van der Waals surface area (Å²) in [5.41, 5.74) is 3.61. The van der Waals surface area contributed by atoms with Crippen molar-refractivity contribution < 1.29 is 4.74 Å².